The molecule has 3 aromatic carbocycles. The molecule has 0 bridgehead atoms. The fourth-order valence-corrected chi connectivity index (χ4v) is 19.5. The van der Waals surface area contributed by atoms with Gasteiger partial charge in [-0.25, -0.2) is 9.97 Å². The van der Waals surface area contributed by atoms with Gasteiger partial charge in [0.15, 0.2) is 0 Å². The first kappa shape index (κ1) is 65.1. The third-order valence-electron chi connectivity index (χ3n) is 17.0. The van der Waals surface area contributed by atoms with Gasteiger partial charge in [-0.1, -0.05) is 217 Å². The second-order valence-corrected chi connectivity index (χ2v) is 32.6. The summed E-state index contributed by atoms with van der Waals surface area (Å²) >= 11 is 18.9. The van der Waals surface area contributed by atoms with Crippen molar-refractivity contribution >= 4 is 111 Å². The molecule has 0 amide bonds. The maximum Gasteiger partial charge on any atom is 0.0988 e. The minimum atomic E-state index is 0.902. The molecule has 452 valence electrons. The van der Waals surface area contributed by atoms with E-state index < -0.39 is 0 Å². The molecule has 0 atom stereocenters. The normalized spacial score (nSPS) is 11.7. The summed E-state index contributed by atoms with van der Waals surface area (Å²) in [6.45, 7) is 9.23. The third kappa shape index (κ3) is 17.6. The van der Waals surface area contributed by atoms with Crippen LogP contribution in [-0.4, -0.2) is 9.97 Å². The number of nitrogens with zero attached hydrogens (tertiary/aromatic N) is 2. The number of benzene rings is 3. The van der Waals surface area contributed by atoms with Crippen LogP contribution in [0, 0.1) is 0 Å². The van der Waals surface area contributed by atoms with E-state index in [-0.39, 0.29) is 0 Å². The van der Waals surface area contributed by atoms with Crippen molar-refractivity contribution in [1.82, 2.24) is 9.97 Å². The number of aryl methyl sites for hydroxylation is 4. The Morgan fingerprint density at radius 1 is 0.314 bits per heavy atom. The number of aromatic nitrogens is 2. The zero-order valence-electron chi connectivity index (χ0n) is 51.4. The molecule has 0 fully saturated rings. The fraction of sp³-hybridized carbons (Fsp3) is 0.421. The first-order chi connectivity index (χ1) is 42.3. The molecule has 0 N–H and O–H groups in total. The third-order valence-corrected chi connectivity index (χ3v) is 25.1. The van der Waals surface area contributed by atoms with Crippen LogP contribution in [0.4, 0.5) is 0 Å². The van der Waals surface area contributed by atoms with Crippen LogP contribution in [0.3, 0.4) is 0 Å². The number of rotatable bonds is 36. The van der Waals surface area contributed by atoms with Crippen LogP contribution in [0.5, 0.6) is 0 Å². The van der Waals surface area contributed by atoms with Crippen molar-refractivity contribution in [3.63, 3.8) is 0 Å². The molecule has 0 unspecified atom stereocenters. The molecule has 7 heterocycles. The van der Waals surface area contributed by atoms with Crippen molar-refractivity contribution in [2.75, 3.05) is 0 Å². The molecule has 10 heteroatoms. The summed E-state index contributed by atoms with van der Waals surface area (Å²) in [6, 6.07) is 41.9. The summed E-state index contributed by atoms with van der Waals surface area (Å²) in [4.78, 5) is 22.5. The van der Waals surface area contributed by atoms with E-state index in [4.69, 9.17) is 9.97 Å². The number of halogens is 2. The molecule has 0 spiro atoms. The smallest absolute Gasteiger partial charge is 0.0988 e. The van der Waals surface area contributed by atoms with Crippen molar-refractivity contribution in [2.45, 2.75) is 207 Å². The zero-order chi connectivity index (χ0) is 59.5. The van der Waals surface area contributed by atoms with Crippen molar-refractivity contribution < 1.29 is 0 Å². The summed E-state index contributed by atoms with van der Waals surface area (Å²) in [5.41, 5.74) is 16.5. The van der Waals surface area contributed by atoms with Crippen molar-refractivity contribution in [1.29, 1.82) is 0 Å². The molecular weight excluding hydrogens is 1290 g/mol. The Labute approximate surface area is 556 Å². The summed E-state index contributed by atoms with van der Waals surface area (Å²) in [7, 11) is 0. The summed E-state index contributed by atoms with van der Waals surface area (Å²) in [6.07, 6.45) is 36.4. The molecule has 86 heavy (non-hydrogen) atoms. The molecule has 0 saturated carbocycles. The predicted molar refractivity (Wildman–Crippen MR) is 394 cm³/mol. The lowest BCUT2D eigenvalue weighted by Crippen LogP contribution is -1.98. The SMILES string of the molecule is CCCCCCCCc1csc(-c2sc(-c3ccc(-c4nc5c(-c6ccc(Br)s6)ccc(-c6ccc(Br)s6)c5nc4-c4ccc(-c5cc(CCCCCCCC)c(-c6cc(CCCCCCCC)cs6)s5)cc4)cc3)cc2CCCCCCCC)c1. The number of hydrogen-bond donors (Lipinski definition) is 0. The highest BCUT2D eigenvalue weighted by Crippen LogP contribution is 2.47. The average molecular weight is 1380 g/mol. The number of unbranched alkanes of at least 4 members (excludes halogenated alkanes) is 20. The van der Waals surface area contributed by atoms with Gasteiger partial charge < -0.3 is 0 Å². The molecular formula is C76H88Br2N2S6. The van der Waals surface area contributed by atoms with Crippen LogP contribution in [0.15, 0.2) is 128 Å². The minimum Gasteiger partial charge on any atom is -0.243 e. The van der Waals surface area contributed by atoms with Gasteiger partial charge in [-0.15, -0.1) is 68.0 Å². The van der Waals surface area contributed by atoms with Gasteiger partial charge in [0, 0.05) is 61.3 Å². The van der Waals surface area contributed by atoms with Gasteiger partial charge in [-0.05, 0) is 176 Å². The highest BCUT2D eigenvalue weighted by atomic mass is 79.9. The van der Waals surface area contributed by atoms with Crippen LogP contribution >= 0.6 is 99.9 Å². The Hall–Kier alpha value is -3.84. The van der Waals surface area contributed by atoms with E-state index in [0.29, 0.717) is 0 Å². The average Bonchev–Trinajstić information content (AvgIpc) is 1.44. The molecule has 7 aromatic heterocycles. The van der Waals surface area contributed by atoms with Crippen molar-refractivity contribution in [3.8, 4) is 83.8 Å². The molecule has 2 nitrogen and oxygen atoms in total. The summed E-state index contributed by atoms with van der Waals surface area (Å²) in [5, 5.41) is 4.88. The van der Waals surface area contributed by atoms with Crippen LogP contribution < -0.4 is 0 Å². The van der Waals surface area contributed by atoms with E-state index in [1.807, 2.05) is 45.3 Å². The molecule has 0 aliphatic carbocycles. The Kier molecular flexibility index (Phi) is 25.6. The van der Waals surface area contributed by atoms with Gasteiger partial charge in [0.1, 0.15) is 0 Å². The number of thiophene rings is 6. The van der Waals surface area contributed by atoms with Crippen LogP contribution in [0.2, 0.25) is 0 Å². The van der Waals surface area contributed by atoms with E-state index in [9.17, 15) is 0 Å². The highest BCUT2D eigenvalue weighted by Gasteiger charge is 2.23. The summed E-state index contributed by atoms with van der Waals surface area (Å²) in [5.74, 6) is 0. The van der Waals surface area contributed by atoms with E-state index in [0.717, 1.165) is 65.1 Å². The van der Waals surface area contributed by atoms with Gasteiger partial charge in [0.25, 0.3) is 0 Å². The number of fused-ring (bicyclic) bond motifs is 1. The predicted octanol–water partition coefficient (Wildman–Crippen LogP) is 28.5. The highest BCUT2D eigenvalue weighted by molar-refractivity contribution is 9.11. The van der Waals surface area contributed by atoms with Crippen LogP contribution in [0.25, 0.3) is 94.8 Å². The molecule has 0 saturated heterocycles. The second-order valence-electron chi connectivity index (χ2n) is 23.8. The van der Waals surface area contributed by atoms with Crippen molar-refractivity contribution in [2.24, 2.45) is 0 Å². The Bertz CT molecular complexity index is 3420. The lowest BCUT2D eigenvalue weighted by atomic mass is 9.98. The first-order valence-corrected chi connectivity index (χ1v) is 39.4. The van der Waals surface area contributed by atoms with Gasteiger partial charge in [0.05, 0.1) is 30.0 Å². The molecule has 0 radical (unpaired) electrons. The minimum absolute atomic E-state index is 0.902. The lowest BCUT2D eigenvalue weighted by Gasteiger charge is -2.15. The topological polar surface area (TPSA) is 25.8 Å². The second kappa shape index (κ2) is 33.8. The maximum atomic E-state index is 5.81. The molecule has 10 aromatic rings. The van der Waals surface area contributed by atoms with Crippen molar-refractivity contribution in [3.05, 3.63) is 150 Å². The van der Waals surface area contributed by atoms with Crippen LogP contribution in [-0.2, 0) is 25.7 Å². The van der Waals surface area contributed by atoms with Gasteiger partial charge in [-0.2, -0.15) is 0 Å². The zero-order valence-corrected chi connectivity index (χ0v) is 59.5. The fourth-order valence-electron chi connectivity index (χ4n) is 12.0. The van der Waals surface area contributed by atoms with E-state index >= 15 is 0 Å². The van der Waals surface area contributed by atoms with Gasteiger partial charge >= 0.3 is 0 Å². The molecule has 0 aliphatic heterocycles. The maximum absolute atomic E-state index is 5.81. The molecule has 0 aliphatic rings. The Morgan fingerprint density at radius 2 is 0.651 bits per heavy atom. The van der Waals surface area contributed by atoms with E-state index in [1.165, 1.54) is 239 Å². The quantitative estimate of drug-likeness (QED) is 0.0366. The van der Waals surface area contributed by atoms with Gasteiger partial charge in [-0.3, -0.25) is 0 Å². The van der Waals surface area contributed by atoms with E-state index in [1.54, 1.807) is 22.7 Å². The summed E-state index contributed by atoms with van der Waals surface area (Å²) < 4.78 is 2.20. The van der Waals surface area contributed by atoms with Gasteiger partial charge in [0.2, 0.25) is 0 Å². The lowest BCUT2D eigenvalue weighted by molar-refractivity contribution is 0.608. The van der Waals surface area contributed by atoms with Crippen LogP contribution in [0.1, 0.15) is 204 Å². The Morgan fingerprint density at radius 3 is 1.00 bits per heavy atom. The largest absolute Gasteiger partial charge is 0.243 e. The first-order valence-electron chi connectivity index (χ1n) is 32.8. The Balaban J connectivity index is 1.00. The van der Waals surface area contributed by atoms with E-state index in [2.05, 4.69) is 180 Å². The monoisotopic (exact) mass is 1380 g/mol. The standard InChI is InChI=1S/C76H88Br2N2S6/c1-5-9-13-17-21-25-29-53-47-67(81-51-53)75-59(31-27-23-19-15-11-7-3)49-65(85-75)55-33-37-57(38-34-55)71-72(80-74-62(64-44-46-70(78)84-64)42-41-61(73(74)79-71)63-43-45-69(77)83-63)58-39-35-56(36-40-58)66-50-60(32-28-24-20-16-12-8-4)76(86-66)68-48-54(52-82-68)30-26-22-18-14-10-6-2/h33-52H,5-32H2,1-4H3. The number of hydrogen-bond acceptors (Lipinski definition) is 8. The molecule has 10 rings (SSSR count).